The molecule has 2 atom stereocenters. The van der Waals surface area contributed by atoms with Gasteiger partial charge in [-0.2, -0.15) is 0 Å². The Hall–Kier alpha value is -3.57. The molecule has 2 aliphatic rings. The van der Waals surface area contributed by atoms with Crippen molar-refractivity contribution in [1.29, 1.82) is 0 Å². The molecule has 5 heteroatoms. The van der Waals surface area contributed by atoms with Crippen molar-refractivity contribution in [3.63, 3.8) is 0 Å². The van der Waals surface area contributed by atoms with Crippen molar-refractivity contribution in [2.75, 3.05) is 13.7 Å². The highest BCUT2D eigenvalue weighted by atomic mass is 16.5. The number of amides is 1. The van der Waals surface area contributed by atoms with Crippen molar-refractivity contribution in [3.05, 3.63) is 101 Å². The second-order valence-corrected chi connectivity index (χ2v) is 12.1. The van der Waals surface area contributed by atoms with Crippen LogP contribution in [0.25, 0.3) is 10.9 Å². The lowest BCUT2D eigenvalue weighted by Gasteiger charge is -2.39. The zero-order chi connectivity index (χ0) is 28.2. The molecule has 0 radical (unpaired) electrons. The van der Waals surface area contributed by atoms with E-state index < -0.39 is 0 Å². The zero-order valence-electron chi connectivity index (χ0n) is 24.5. The van der Waals surface area contributed by atoms with E-state index in [0.29, 0.717) is 12.1 Å². The van der Waals surface area contributed by atoms with Gasteiger partial charge in [0, 0.05) is 43.3 Å². The molecule has 1 amide bonds. The van der Waals surface area contributed by atoms with Crippen molar-refractivity contribution in [1.82, 2.24) is 14.8 Å². The summed E-state index contributed by atoms with van der Waals surface area (Å²) in [4.78, 5) is 16.1. The van der Waals surface area contributed by atoms with Crippen LogP contribution in [-0.2, 0) is 19.5 Å². The summed E-state index contributed by atoms with van der Waals surface area (Å²) in [5.41, 5.74) is 5.50. The quantitative estimate of drug-likeness (QED) is 0.216. The fraction of sp³-hybridized carbons (Fsp3) is 0.417. The highest BCUT2D eigenvalue weighted by molar-refractivity contribution is 6.08. The third-order valence-electron chi connectivity index (χ3n) is 9.34. The molecule has 0 saturated carbocycles. The van der Waals surface area contributed by atoms with E-state index in [0.717, 1.165) is 59.7 Å². The molecule has 2 unspecified atom stereocenters. The average Bonchev–Trinajstić information content (AvgIpc) is 3.48. The summed E-state index contributed by atoms with van der Waals surface area (Å²) >= 11 is 0. The number of hydrogen-bond acceptors (Lipinski definition) is 3. The summed E-state index contributed by atoms with van der Waals surface area (Å²) in [6, 6.07) is 26.7. The van der Waals surface area contributed by atoms with Crippen molar-refractivity contribution in [3.8, 4) is 5.75 Å². The van der Waals surface area contributed by atoms with Crippen molar-refractivity contribution < 1.29 is 9.53 Å². The number of methoxy groups -OCH3 is 1. The maximum absolute atomic E-state index is 13.3. The Morgan fingerprint density at radius 3 is 2.44 bits per heavy atom. The molecule has 2 bridgehead atoms. The lowest BCUT2D eigenvalue weighted by Crippen LogP contribution is -2.43. The summed E-state index contributed by atoms with van der Waals surface area (Å²) in [7, 11) is 1.71. The standard InChI is InChI=1S/C36H43N3O2/c1-26-9-6-12-29(21-26)24-37-36(40)33-25-38(35-32(33)13-7-14-34(35)41-2)19-8-20-39-30-17-18-31(39)23-28(22-30)16-15-27-10-4-3-5-11-27/h3-7,9-14,21,25,28,30-31H,8,15-20,22-24H2,1-2H3,(H,37,40). The van der Waals surface area contributed by atoms with Crippen LogP contribution in [0, 0.1) is 12.8 Å². The molecule has 3 aromatic carbocycles. The van der Waals surface area contributed by atoms with Gasteiger partial charge in [-0.05, 0) is 75.0 Å². The Bertz CT molecular complexity index is 1460. The number of fused-ring (bicyclic) bond motifs is 3. The van der Waals surface area contributed by atoms with Crippen LogP contribution >= 0.6 is 0 Å². The molecule has 0 aliphatic carbocycles. The number of piperidine rings is 1. The van der Waals surface area contributed by atoms with Gasteiger partial charge >= 0.3 is 0 Å². The molecule has 2 fully saturated rings. The Morgan fingerprint density at radius 1 is 0.927 bits per heavy atom. The van der Waals surface area contributed by atoms with Gasteiger partial charge in [0.2, 0.25) is 0 Å². The summed E-state index contributed by atoms with van der Waals surface area (Å²) in [5, 5.41) is 4.09. The average molecular weight is 550 g/mol. The summed E-state index contributed by atoms with van der Waals surface area (Å²) < 4.78 is 7.99. The third kappa shape index (κ3) is 6.20. The second-order valence-electron chi connectivity index (χ2n) is 12.1. The van der Waals surface area contributed by atoms with Crippen LogP contribution in [0.15, 0.2) is 79.0 Å². The van der Waals surface area contributed by atoms with E-state index in [1.807, 2.05) is 30.5 Å². The first-order valence-corrected chi connectivity index (χ1v) is 15.4. The molecule has 5 nitrogen and oxygen atoms in total. The number of carbonyl (C=O) groups excluding carboxylic acids is 1. The van der Waals surface area contributed by atoms with Gasteiger partial charge in [-0.15, -0.1) is 0 Å². The Kier molecular flexibility index (Phi) is 8.43. The normalized spacial score (nSPS) is 20.4. The lowest BCUT2D eigenvalue weighted by atomic mass is 9.86. The molecular formula is C36H43N3O2. The molecule has 6 rings (SSSR count). The van der Waals surface area contributed by atoms with Crippen LogP contribution < -0.4 is 10.1 Å². The molecule has 2 aliphatic heterocycles. The first-order chi connectivity index (χ1) is 20.1. The van der Waals surface area contributed by atoms with E-state index in [1.165, 1.54) is 49.7 Å². The van der Waals surface area contributed by atoms with E-state index in [9.17, 15) is 4.79 Å². The van der Waals surface area contributed by atoms with E-state index in [2.05, 4.69) is 70.2 Å². The number of aryl methyl sites for hydroxylation is 3. The fourth-order valence-corrected chi connectivity index (χ4v) is 7.37. The van der Waals surface area contributed by atoms with Gasteiger partial charge in [-0.25, -0.2) is 0 Å². The number of carbonyl (C=O) groups is 1. The van der Waals surface area contributed by atoms with E-state index >= 15 is 0 Å². The van der Waals surface area contributed by atoms with E-state index in [-0.39, 0.29) is 5.91 Å². The zero-order valence-corrected chi connectivity index (χ0v) is 24.5. The lowest BCUT2D eigenvalue weighted by molar-refractivity contribution is 0.0952. The molecule has 41 heavy (non-hydrogen) atoms. The Morgan fingerprint density at radius 2 is 1.68 bits per heavy atom. The monoisotopic (exact) mass is 549 g/mol. The third-order valence-corrected chi connectivity index (χ3v) is 9.34. The van der Waals surface area contributed by atoms with Crippen molar-refractivity contribution in [2.24, 2.45) is 5.92 Å². The van der Waals surface area contributed by atoms with Gasteiger partial charge in [-0.1, -0.05) is 72.3 Å². The second kappa shape index (κ2) is 12.5. The first kappa shape index (κ1) is 27.6. The highest BCUT2D eigenvalue weighted by Crippen LogP contribution is 2.40. The number of nitrogens with zero attached hydrogens (tertiary/aromatic N) is 2. The van der Waals surface area contributed by atoms with E-state index in [4.69, 9.17) is 4.74 Å². The SMILES string of the molecule is COc1cccc2c(C(=O)NCc3cccc(C)c3)cn(CCCN3C4CCC3CC(CCc3ccccc3)C4)c12. The molecular weight excluding hydrogens is 506 g/mol. The number of ether oxygens (including phenoxy) is 1. The van der Waals surface area contributed by atoms with Gasteiger partial charge in [0.1, 0.15) is 5.75 Å². The van der Waals surface area contributed by atoms with Gasteiger partial charge in [0.05, 0.1) is 18.2 Å². The number of rotatable bonds is 11. The van der Waals surface area contributed by atoms with E-state index in [1.54, 1.807) is 7.11 Å². The molecule has 214 valence electrons. The largest absolute Gasteiger partial charge is 0.495 e. The summed E-state index contributed by atoms with van der Waals surface area (Å²) in [5.74, 6) is 1.63. The van der Waals surface area contributed by atoms with Crippen LogP contribution in [0.5, 0.6) is 5.75 Å². The predicted octanol–water partition coefficient (Wildman–Crippen LogP) is 7.15. The number of para-hydroxylation sites is 1. The van der Waals surface area contributed by atoms with Crippen LogP contribution in [0.3, 0.4) is 0 Å². The maximum Gasteiger partial charge on any atom is 0.253 e. The number of aromatic nitrogens is 1. The molecule has 2 saturated heterocycles. The van der Waals surface area contributed by atoms with Crippen LogP contribution in [0.4, 0.5) is 0 Å². The van der Waals surface area contributed by atoms with Crippen molar-refractivity contribution in [2.45, 2.75) is 77.0 Å². The van der Waals surface area contributed by atoms with Gasteiger partial charge in [0.25, 0.3) is 5.91 Å². The van der Waals surface area contributed by atoms with Gasteiger partial charge < -0.3 is 14.6 Å². The minimum absolute atomic E-state index is 0.0425. The van der Waals surface area contributed by atoms with Crippen LogP contribution in [-0.4, -0.2) is 41.1 Å². The molecule has 4 aromatic rings. The van der Waals surface area contributed by atoms with Crippen LogP contribution in [0.2, 0.25) is 0 Å². The molecule has 3 heterocycles. The Balaban J connectivity index is 1.09. The number of benzene rings is 3. The van der Waals surface area contributed by atoms with Gasteiger partial charge in [0.15, 0.2) is 0 Å². The smallest absolute Gasteiger partial charge is 0.253 e. The highest BCUT2D eigenvalue weighted by Gasteiger charge is 2.39. The maximum atomic E-state index is 13.3. The number of hydrogen-bond donors (Lipinski definition) is 1. The van der Waals surface area contributed by atoms with Gasteiger partial charge in [-0.3, -0.25) is 9.69 Å². The van der Waals surface area contributed by atoms with Crippen molar-refractivity contribution >= 4 is 16.8 Å². The minimum Gasteiger partial charge on any atom is -0.495 e. The summed E-state index contributed by atoms with van der Waals surface area (Å²) in [6.45, 7) is 4.58. The predicted molar refractivity (Wildman–Crippen MR) is 166 cm³/mol. The Labute approximate surface area is 244 Å². The minimum atomic E-state index is -0.0425. The first-order valence-electron chi connectivity index (χ1n) is 15.4. The number of nitrogens with one attached hydrogen (secondary N) is 1. The topological polar surface area (TPSA) is 46.5 Å². The molecule has 0 spiro atoms. The molecule has 1 aromatic heterocycles. The molecule has 1 N–H and O–H groups in total. The fourth-order valence-electron chi connectivity index (χ4n) is 7.37. The summed E-state index contributed by atoms with van der Waals surface area (Å²) in [6.07, 6.45) is 11.0. The van der Waals surface area contributed by atoms with Crippen LogP contribution in [0.1, 0.15) is 65.6 Å².